The SMILES string of the molecule is CCN1Cc2cc(S(C)(=O)=O)ccc2[C@@H]1C(=O)Nc1ccc(C(O)(C(F)(F)F)C(F)(F)F)cc1. The molecule has 0 bridgehead atoms. The van der Waals surface area contributed by atoms with Crippen molar-refractivity contribution < 1.29 is 44.7 Å². The fourth-order valence-electron chi connectivity index (χ4n) is 3.82. The van der Waals surface area contributed by atoms with Crippen LogP contribution in [0.5, 0.6) is 0 Å². The van der Waals surface area contributed by atoms with Crippen molar-refractivity contribution in [2.24, 2.45) is 0 Å². The van der Waals surface area contributed by atoms with Crippen LogP contribution < -0.4 is 5.32 Å². The Kier molecular flexibility index (Phi) is 6.52. The second-order valence-electron chi connectivity index (χ2n) is 7.87. The van der Waals surface area contributed by atoms with Crippen LogP contribution in [0.2, 0.25) is 0 Å². The Morgan fingerprint density at radius 3 is 2.09 bits per heavy atom. The van der Waals surface area contributed by atoms with E-state index in [1.165, 1.54) is 18.2 Å². The van der Waals surface area contributed by atoms with Gasteiger partial charge in [0.05, 0.1) is 4.90 Å². The Morgan fingerprint density at radius 1 is 1.06 bits per heavy atom. The minimum absolute atomic E-state index is 0.0840. The number of rotatable bonds is 5. The van der Waals surface area contributed by atoms with Crippen LogP contribution in [0.15, 0.2) is 47.4 Å². The van der Waals surface area contributed by atoms with Gasteiger partial charge in [-0.15, -0.1) is 0 Å². The predicted molar refractivity (Wildman–Crippen MR) is 109 cm³/mol. The first-order valence-corrected chi connectivity index (χ1v) is 11.7. The van der Waals surface area contributed by atoms with E-state index in [9.17, 15) is 44.7 Å². The van der Waals surface area contributed by atoms with E-state index in [0.717, 1.165) is 18.4 Å². The van der Waals surface area contributed by atoms with E-state index in [1.807, 2.05) is 0 Å². The number of amides is 1. The lowest BCUT2D eigenvalue weighted by molar-refractivity contribution is -0.376. The summed E-state index contributed by atoms with van der Waals surface area (Å²) < 4.78 is 102. The zero-order valence-corrected chi connectivity index (χ0v) is 18.6. The number of carbonyl (C=O) groups is 1. The summed E-state index contributed by atoms with van der Waals surface area (Å²) in [5, 5.41) is 11.9. The molecule has 0 aliphatic carbocycles. The van der Waals surface area contributed by atoms with Gasteiger partial charge in [0.2, 0.25) is 5.91 Å². The van der Waals surface area contributed by atoms with Crippen molar-refractivity contribution in [2.45, 2.75) is 42.4 Å². The quantitative estimate of drug-likeness (QED) is 0.596. The maximum Gasteiger partial charge on any atom is 0.430 e. The van der Waals surface area contributed by atoms with Gasteiger partial charge in [0.1, 0.15) is 6.04 Å². The number of carbonyl (C=O) groups excluding carboxylic acids is 1. The van der Waals surface area contributed by atoms with Crippen molar-refractivity contribution in [2.75, 3.05) is 18.1 Å². The first kappa shape index (κ1) is 26.0. The number of anilines is 1. The first-order valence-electron chi connectivity index (χ1n) is 9.85. The van der Waals surface area contributed by atoms with Gasteiger partial charge in [0.15, 0.2) is 9.84 Å². The average molecular weight is 510 g/mol. The van der Waals surface area contributed by atoms with Crippen molar-refractivity contribution >= 4 is 21.4 Å². The summed E-state index contributed by atoms with van der Waals surface area (Å²) in [7, 11) is -3.47. The number of nitrogens with one attached hydrogen (secondary N) is 1. The van der Waals surface area contributed by atoms with Gasteiger partial charge in [-0.25, -0.2) is 8.42 Å². The molecule has 0 spiro atoms. The second-order valence-corrected chi connectivity index (χ2v) is 9.89. The summed E-state index contributed by atoms with van der Waals surface area (Å²) in [6, 6.07) is 6.01. The summed E-state index contributed by atoms with van der Waals surface area (Å²) in [5.41, 5.74) is -5.45. The minimum atomic E-state index is -6.02. The highest BCUT2D eigenvalue weighted by Crippen LogP contribution is 2.50. The fourth-order valence-corrected chi connectivity index (χ4v) is 4.49. The Hall–Kier alpha value is -2.64. The number of hydrogen-bond acceptors (Lipinski definition) is 5. The van der Waals surface area contributed by atoms with Crippen molar-refractivity contribution in [3.05, 3.63) is 59.2 Å². The van der Waals surface area contributed by atoms with Crippen LogP contribution in [0, 0.1) is 0 Å². The highest BCUT2D eigenvalue weighted by molar-refractivity contribution is 7.90. The summed E-state index contributed by atoms with van der Waals surface area (Å²) in [6.07, 6.45) is -11.0. The molecule has 0 aromatic heterocycles. The number of aliphatic hydroxyl groups is 1. The molecule has 0 fully saturated rings. The number of likely N-dealkylation sites (N-methyl/N-ethyl adjacent to an activating group) is 1. The van der Waals surface area contributed by atoms with Crippen molar-refractivity contribution in [1.29, 1.82) is 0 Å². The van der Waals surface area contributed by atoms with Gasteiger partial charge in [-0.05, 0) is 41.9 Å². The third kappa shape index (κ3) is 4.51. The lowest BCUT2D eigenvalue weighted by atomic mass is 9.92. The summed E-state index contributed by atoms with van der Waals surface area (Å²) in [6.45, 7) is 2.45. The highest BCUT2D eigenvalue weighted by atomic mass is 32.2. The summed E-state index contributed by atoms with van der Waals surface area (Å²) in [5.74, 6) is -0.609. The number of halogens is 6. The highest BCUT2D eigenvalue weighted by Gasteiger charge is 2.71. The number of benzene rings is 2. The second kappa shape index (κ2) is 8.54. The Bertz CT molecular complexity index is 1180. The van der Waals surface area contributed by atoms with Gasteiger partial charge < -0.3 is 10.4 Å². The largest absolute Gasteiger partial charge is 0.430 e. The molecule has 2 aromatic carbocycles. The number of fused-ring (bicyclic) bond motifs is 1. The molecular formula is C21H20F6N2O4S. The lowest BCUT2D eigenvalue weighted by Gasteiger charge is -2.32. The normalized spacial score (nSPS) is 17.5. The van der Waals surface area contributed by atoms with Crippen LogP contribution in [0.25, 0.3) is 0 Å². The molecule has 1 aliphatic rings. The van der Waals surface area contributed by atoms with Crippen molar-refractivity contribution in [3.63, 3.8) is 0 Å². The lowest BCUT2D eigenvalue weighted by Crippen LogP contribution is -2.53. The smallest absolute Gasteiger partial charge is 0.369 e. The molecule has 1 heterocycles. The van der Waals surface area contributed by atoms with E-state index in [1.54, 1.807) is 11.8 Å². The van der Waals surface area contributed by atoms with E-state index in [-0.39, 0.29) is 17.1 Å². The van der Waals surface area contributed by atoms with Gasteiger partial charge >= 0.3 is 12.4 Å². The molecule has 0 unspecified atom stereocenters. The molecule has 34 heavy (non-hydrogen) atoms. The number of nitrogens with zero attached hydrogens (tertiary/aromatic N) is 1. The Morgan fingerprint density at radius 2 is 1.62 bits per heavy atom. The summed E-state index contributed by atoms with van der Waals surface area (Å²) in [4.78, 5) is 14.8. The maximum atomic E-state index is 13.0. The van der Waals surface area contributed by atoms with Gasteiger partial charge in [0, 0.05) is 24.1 Å². The number of sulfone groups is 1. The van der Waals surface area contributed by atoms with Gasteiger partial charge in [-0.3, -0.25) is 9.69 Å². The van der Waals surface area contributed by atoms with E-state index < -0.39 is 45.3 Å². The Balaban J connectivity index is 1.88. The van der Waals surface area contributed by atoms with Crippen LogP contribution in [0.3, 0.4) is 0 Å². The van der Waals surface area contributed by atoms with Crippen molar-refractivity contribution in [1.82, 2.24) is 4.90 Å². The molecular weight excluding hydrogens is 490 g/mol. The first-order chi connectivity index (χ1) is 15.5. The zero-order valence-electron chi connectivity index (χ0n) is 17.8. The number of hydrogen-bond donors (Lipinski definition) is 2. The molecule has 1 aliphatic heterocycles. The van der Waals surface area contributed by atoms with Gasteiger partial charge in [-0.2, -0.15) is 26.3 Å². The minimum Gasteiger partial charge on any atom is -0.369 e. The molecule has 186 valence electrons. The van der Waals surface area contributed by atoms with Crippen LogP contribution in [0.4, 0.5) is 32.0 Å². The third-order valence-corrected chi connectivity index (χ3v) is 6.73. The van der Waals surface area contributed by atoms with Gasteiger partial charge in [0.25, 0.3) is 5.60 Å². The van der Waals surface area contributed by atoms with Crippen molar-refractivity contribution in [3.8, 4) is 0 Å². The molecule has 0 saturated carbocycles. The predicted octanol–water partition coefficient (Wildman–Crippen LogP) is 3.92. The van der Waals surface area contributed by atoms with Crippen LogP contribution in [0.1, 0.15) is 29.7 Å². The third-order valence-electron chi connectivity index (χ3n) is 5.62. The molecule has 0 radical (unpaired) electrons. The molecule has 2 N–H and O–H groups in total. The fraction of sp³-hybridized carbons (Fsp3) is 0.381. The molecule has 0 saturated heterocycles. The molecule has 6 nitrogen and oxygen atoms in total. The standard InChI is InChI=1S/C21H20F6N2O4S/c1-3-29-11-12-10-15(34(2,32)33)8-9-16(12)17(29)18(30)28-14-6-4-13(5-7-14)19(31,20(22,23)24)21(25,26)27/h4-10,17,31H,3,11H2,1-2H3,(H,28,30)/t17-/m1/s1. The summed E-state index contributed by atoms with van der Waals surface area (Å²) >= 11 is 0. The van der Waals surface area contributed by atoms with E-state index in [0.29, 0.717) is 29.8 Å². The molecule has 3 rings (SSSR count). The van der Waals surface area contributed by atoms with Crippen LogP contribution in [-0.2, 0) is 26.8 Å². The molecule has 1 atom stereocenters. The van der Waals surface area contributed by atoms with Crippen LogP contribution >= 0.6 is 0 Å². The number of alkyl halides is 6. The topological polar surface area (TPSA) is 86.7 Å². The zero-order chi connectivity index (χ0) is 25.7. The van der Waals surface area contributed by atoms with Gasteiger partial charge in [-0.1, -0.05) is 25.1 Å². The average Bonchev–Trinajstić information content (AvgIpc) is 3.09. The van der Waals surface area contributed by atoms with E-state index in [2.05, 4.69) is 5.32 Å². The van der Waals surface area contributed by atoms with E-state index in [4.69, 9.17) is 0 Å². The molecule has 1 amide bonds. The maximum absolute atomic E-state index is 13.0. The van der Waals surface area contributed by atoms with E-state index >= 15 is 0 Å². The Labute approximate surface area is 191 Å². The monoisotopic (exact) mass is 510 g/mol. The molecule has 2 aromatic rings. The van der Waals surface area contributed by atoms with Crippen LogP contribution in [-0.4, -0.2) is 49.5 Å². The molecule has 13 heteroatoms.